The van der Waals surface area contributed by atoms with Crippen molar-refractivity contribution in [3.63, 3.8) is 0 Å². The highest BCUT2D eigenvalue weighted by molar-refractivity contribution is 9.10. The van der Waals surface area contributed by atoms with E-state index in [4.69, 9.17) is 17.3 Å². The van der Waals surface area contributed by atoms with Crippen molar-refractivity contribution in [2.75, 3.05) is 0 Å². The first-order valence-electron chi connectivity index (χ1n) is 8.22. The molecule has 4 nitrogen and oxygen atoms in total. The standard InChI is InChI=1S/C20H22BrClN2O2/c1-20(2,3)14-6-4-12(5-7-14)19(26)24-17(18(23)25)11-13-10-15(22)8-9-16(13)21/h4-10,17H,11H2,1-3H3,(H2,23,25)(H,24,26)/t17-/m1/s1. The maximum absolute atomic E-state index is 12.5. The molecule has 0 radical (unpaired) electrons. The van der Waals surface area contributed by atoms with Gasteiger partial charge in [-0.15, -0.1) is 0 Å². The highest BCUT2D eigenvalue weighted by Crippen LogP contribution is 2.23. The van der Waals surface area contributed by atoms with Crippen molar-refractivity contribution >= 4 is 39.3 Å². The first-order chi connectivity index (χ1) is 12.1. The lowest BCUT2D eigenvalue weighted by molar-refractivity contribution is -0.119. The lowest BCUT2D eigenvalue weighted by atomic mass is 9.86. The molecule has 0 heterocycles. The molecule has 6 heteroatoms. The van der Waals surface area contributed by atoms with E-state index in [1.165, 1.54) is 0 Å². The molecule has 2 aromatic carbocycles. The third-order valence-electron chi connectivity index (χ3n) is 4.09. The Morgan fingerprint density at radius 1 is 1.15 bits per heavy atom. The number of halogens is 2. The fourth-order valence-electron chi connectivity index (χ4n) is 2.51. The van der Waals surface area contributed by atoms with Crippen LogP contribution in [0.25, 0.3) is 0 Å². The second kappa shape index (κ2) is 8.23. The van der Waals surface area contributed by atoms with Gasteiger partial charge in [-0.2, -0.15) is 0 Å². The average Bonchev–Trinajstić information content (AvgIpc) is 2.56. The summed E-state index contributed by atoms with van der Waals surface area (Å²) in [7, 11) is 0. The van der Waals surface area contributed by atoms with Gasteiger partial charge in [-0.3, -0.25) is 9.59 Å². The van der Waals surface area contributed by atoms with E-state index in [1.807, 2.05) is 12.1 Å². The van der Waals surface area contributed by atoms with Gasteiger partial charge in [0.25, 0.3) is 5.91 Å². The molecule has 138 valence electrons. The van der Waals surface area contributed by atoms with Crippen LogP contribution in [-0.2, 0) is 16.6 Å². The first kappa shape index (κ1) is 20.5. The normalized spacial score (nSPS) is 12.5. The molecule has 2 amide bonds. The van der Waals surface area contributed by atoms with Crippen molar-refractivity contribution < 1.29 is 9.59 Å². The van der Waals surface area contributed by atoms with Gasteiger partial charge in [0.05, 0.1) is 0 Å². The van der Waals surface area contributed by atoms with E-state index in [0.29, 0.717) is 10.6 Å². The number of carbonyl (C=O) groups is 2. The first-order valence-corrected chi connectivity index (χ1v) is 9.39. The summed E-state index contributed by atoms with van der Waals surface area (Å²) in [5.74, 6) is -0.941. The number of hydrogen-bond acceptors (Lipinski definition) is 2. The van der Waals surface area contributed by atoms with Gasteiger partial charge in [-0.25, -0.2) is 0 Å². The monoisotopic (exact) mass is 436 g/mol. The molecule has 3 N–H and O–H groups in total. The number of hydrogen-bond donors (Lipinski definition) is 2. The van der Waals surface area contributed by atoms with Gasteiger partial charge in [-0.1, -0.05) is 60.4 Å². The Kier molecular flexibility index (Phi) is 6.48. The van der Waals surface area contributed by atoms with E-state index in [-0.39, 0.29) is 17.7 Å². The zero-order valence-electron chi connectivity index (χ0n) is 15.0. The van der Waals surface area contributed by atoms with Crippen molar-refractivity contribution in [1.82, 2.24) is 5.32 Å². The number of benzene rings is 2. The van der Waals surface area contributed by atoms with Crippen LogP contribution in [0.15, 0.2) is 46.9 Å². The smallest absolute Gasteiger partial charge is 0.251 e. The SMILES string of the molecule is CC(C)(C)c1ccc(C(=O)N[C@H](Cc2cc(Cl)ccc2Br)C(N)=O)cc1. The summed E-state index contributed by atoms with van der Waals surface area (Å²) >= 11 is 9.43. The highest BCUT2D eigenvalue weighted by Gasteiger charge is 2.21. The Morgan fingerprint density at radius 3 is 2.31 bits per heavy atom. The van der Waals surface area contributed by atoms with Gasteiger partial charge in [-0.05, 0) is 46.9 Å². The number of amides is 2. The Balaban J connectivity index is 2.15. The Labute approximate surface area is 167 Å². The molecular formula is C20H22BrClN2O2. The Morgan fingerprint density at radius 2 is 1.77 bits per heavy atom. The van der Waals surface area contributed by atoms with E-state index in [0.717, 1.165) is 15.6 Å². The quantitative estimate of drug-likeness (QED) is 0.735. The molecule has 0 aliphatic carbocycles. The van der Waals surface area contributed by atoms with Crippen LogP contribution in [0, 0.1) is 0 Å². The summed E-state index contributed by atoms with van der Waals surface area (Å²) in [5, 5.41) is 3.26. The molecule has 0 aliphatic heterocycles. The second-order valence-corrected chi connectivity index (χ2v) is 8.49. The summed E-state index contributed by atoms with van der Waals surface area (Å²) < 4.78 is 0.803. The van der Waals surface area contributed by atoms with Crippen LogP contribution in [-0.4, -0.2) is 17.9 Å². The minimum absolute atomic E-state index is 0.00359. The minimum Gasteiger partial charge on any atom is -0.368 e. The fourth-order valence-corrected chi connectivity index (χ4v) is 3.11. The van der Waals surface area contributed by atoms with Crippen molar-refractivity contribution in [2.45, 2.75) is 38.6 Å². The van der Waals surface area contributed by atoms with E-state index in [1.54, 1.807) is 30.3 Å². The topological polar surface area (TPSA) is 72.2 Å². The molecule has 0 aromatic heterocycles. The van der Waals surface area contributed by atoms with Crippen LogP contribution in [0.3, 0.4) is 0 Å². The van der Waals surface area contributed by atoms with Gasteiger partial charge in [0.1, 0.15) is 6.04 Å². The second-order valence-electron chi connectivity index (χ2n) is 7.20. The van der Waals surface area contributed by atoms with Crippen LogP contribution >= 0.6 is 27.5 Å². The lowest BCUT2D eigenvalue weighted by Crippen LogP contribution is -2.45. The number of nitrogens with one attached hydrogen (secondary N) is 1. The summed E-state index contributed by atoms with van der Waals surface area (Å²) in [5.41, 5.74) is 7.89. The zero-order chi connectivity index (χ0) is 19.5. The van der Waals surface area contributed by atoms with Crippen molar-refractivity contribution in [1.29, 1.82) is 0 Å². The van der Waals surface area contributed by atoms with E-state index in [2.05, 4.69) is 42.0 Å². The van der Waals surface area contributed by atoms with Crippen LogP contribution in [0.1, 0.15) is 42.3 Å². The molecule has 2 aromatic rings. The third-order valence-corrected chi connectivity index (χ3v) is 5.10. The van der Waals surface area contributed by atoms with Gasteiger partial charge in [0.2, 0.25) is 5.91 Å². The number of rotatable bonds is 5. The molecule has 0 saturated heterocycles. The number of primary amides is 1. The molecular weight excluding hydrogens is 416 g/mol. The van der Waals surface area contributed by atoms with Gasteiger partial charge >= 0.3 is 0 Å². The van der Waals surface area contributed by atoms with E-state index >= 15 is 0 Å². The van der Waals surface area contributed by atoms with Gasteiger partial charge in [0, 0.05) is 21.5 Å². The van der Waals surface area contributed by atoms with Gasteiger partial charge in [0.15, 0.2) is 0 Å². The molecule has 26 heavy (non-hydrogen) atoms. The Bertz CT molecular complexity index is 814. The molecule has 1 atom stereocenters. The predicted octanol–water partition coefficient (Wildman–Crippen LogP) is 4.23. The zero-order valence-corrected chi connectivity index (χ0v) is 17.3. The molecule has 0 aliphatic rings. The Hall–Kier alpha value is -1.85. The maximum Gasteiger partial charge on any atom is 0.251 e. The van der Waals surface area contributed by atoms with E-state index < -0.39 is 11.9 Å². The van der Waals surface area contributed by atoms with Crippen LogP contribution < -0.4 is 11.1 Å². The number of nitrogens with two attached hydrogens (primary N) is 1. The molecule has 0 saturated carbocycles. The molecule has 2 rings (SSSR count). The summed E-state index contributed by atoms with van der Waals surface area (Å²) in [6, 6.07) is 11.8. The maximum atomic E-state index is 12.5. The number of carbonyl (C=O) groups excluding carboxylic acids is 2. The molecule has 0 unspecified atom stereocenters. The minimum atomic E-state index is -0.834. The third kappa shape index (κ3) is 5.32. The van der Waals surface area contributed by atoms with Crippen LogP contribution in [0.5, 0.6) is 0 Å². The summed E-state index contributed by atoms with van der Waals surface area (Å²) in [6.45, 7) is 6.32. The van der Waals surface area contributed by atoms with Gasteiger partial charge < -0.3 is 11.1 Å². The molecule has 0 fully saturated rings. The molecule has 0 bridgehead atoms. The van der Waals surface area contributed by atoms with Crippen molar-refractivity contribution in [2.24, 2.45) is 5.73 Å². The van der Waals surface area contributed by atoms with Crippen molar-refractivity contribution in [3.05, 3.63) is 68.7 Å². The summed E-state index contributed by atoms with van der Waals surface area (Å²) in [6.07, 6.45) is 0.252. The van der Waals surface area contributed by atoms with E-state index in [9.17, 15) is 9.59 Å². The lowest BCUT2D eigenvalue weighted by Gasteiger charge is -2.20. The summed E-state index contributed by atoms with van der Waals surface area (Å²) in [4.78, 5) is 24.3. The predicted molar refractivity (Wildman–Crippen MR) is 108 cm³/mol. The largest absolute Gasteiger partial charge is 0.368 e. The molecule has 0 spiro atoms. The van der Waals surface area contributed by atoms with Crippen molar-refractivity contribution in [3.8, 4) is 0 Å². The average molecular weight is 438 g/mol. The fraction of sp³-hybridized carbons (Fsp3) is 0.300. The van der Waals surface area contributed by atoms with Crippen LogP contribution in [0.4, 0.5) is 0 Å². The van der Waals surface area contributed by atoms with Crippen LogP contribution in [0.2, 0.25) is 5.02 Å². The highest BCUT2D eigenvalue weighted by atomic mass is 79.9.